The number of aryl methyl sites for hydroxylation is 1. The fraction of sp³-hybridized carbons (Fsp3) is 0.556. The summed E-state index contributed by atoms with van der Waals surface area (Å²) in [5, 5.41) is 15.2. The Balaban J connectivity index is 2.73. The molecule has 80 valence electrons. The van der Waals surface area contributed by atoms with Crippen molar-refractivity contribution in [3.05, 3.63) is 10.6 Å². The van der Waals surface area contributed by atoms with E-state index in [1.807, 2.05) is 19.9 Å². The van der Waals surface area contributed by atoms with E-state index in [1.165, 1.54) is 0 Å². The summed E-state index contributed by atoms with van der Waals surface area (Å²) in [5.41, 5.74) is 0.685. The summed E-state index contributed by atoms with van der Waals surface area (Å²) in [4.78, 5) is 12.2. The molecule has 0 fully saturated rings. The molecule has 5 nitrogen and oxygen atoms in total. The van der Waals surface area contributed by atoms with E-state index in [0.29, 0.717) is 23.4 Å². The Morgan fingerprint density at radius 1 is 1.67 bits per heavy atom. The SMILES string of the molecule is CCc1nnsc1C(=O)NC(C#N)CC. The van der Waals surface area contributed by atoms with Crippen molar-refractivity contribution in [3.8, 4) is 6.07 Å². The number of hydrogen-bond donors (Lipinski definition) is 1. The molecule has 1 unspecified atom stereocenters. The van der Waals surface area contributed by atoms with Crippen LogP contribution in [0.2, 0.25) is 0 Å². The minimum Gasteiger partial charge on any atom is -0.335 e. The highest BCUT2D eigenvalue weighted by molar-refractivity contribution is 7.08. The smallest absolute Gasteiger partial charge is 0.265 e. The first-order valence-corrected chi connectivity index (χ1v) is 5.51. The summed E-state index contributed by atoms with van der Waals surface area (Å²) in [5.74, 6) is -0.254. The first kappa shape index (κ1) is 11.6. The molecule has 1 aromatic rings. The molecule has 15 heavy (non-hydrogen) atoms. The minimum absolute atomic E-state index is 0.254. The molecule has 1 aromatic heterocycles. The summed E-state index contributed by atoms with van der Waals surface area (Å²) in [7, 11) is 0. The number of rotatable bonds is 4. The number of nitriles is 1. The van der Waals surface area contributed by atoms with Gasteiger partial charge in [0.1, 0.15) is 10.9 Å². The highest BCUT2D eigenvalue weighted by Crippen LogP contribution is 2.11. The highest BCUT2D eigenvalue weighted by atomic mass is 32.1. The van der Waals surface area contributed by atoms with Gasteiger partial charge >= 0.3 is 0 Å². The van der Waals surface area contributed by atoms with Gasteiger partial charge in [-0.3, -0.25) is 4.79 Å². The van der Waals surface area contributed by atoms with Crippen molar-refractivity contribution >= 4 is 17.4 Å². The zero-order valence-corrected chi connectivity index (χ0v) is 9.47. The Bertz CT molecular complexity index is 382. The van der Waals surface area contributed by atoms with Crippen LogP contribution in [0.1, 0.15) is 35.6 Å². The van der Waals surface area contributed by atoms with Crippen LogP contribution in [0.3, 0.4) is 0 Å². The lowest BCUT2D eigenvalue weighted by Crippen LogP contribution is -2.33. The predicted molar refractivity (Wildman–Crippen MR) is 56.4 cm³/mol. The molecule has 0 radical (unpaired) electrons. The number of carbonyl (C=O) groups is 1. The van der Waals surface area contributed by atoms with Crippen molar-refractivity contribution in [2.24, 2.45) is 0 Å². The third-order valence-corrected chi connectivity index (χ3v) is 2.73. The molecule has 0 saturated carbocycles. The van der Waals surface area contributed by atoms with Crippen LogP contribution >= 0.6 is 11.5 Å². The van der Waals surface area contributed by atoms with Gasteiger partial charge in [0.2, 0.25) is 0 Å². The summed E-state index contributed by atoms with van der Waals surface area (Å²) < 4.78 is 3.72. The molecule has 1 heterocycles. The van der Waals surface area contributed by atoms with Gasteiger partial charge in [-0.25, -0.2) is 0 Å². The van der Waals surface area contributed by atoms with Crippen molar-refractivity contribution in [1.29, 1.82) is 5.26 Å². The van der Waals surface area contributed by atoms with E-state index in [2.05, 4.69) is 14.9 Å². The van der Waals surface area contributed by atoms with Gasteiger partial charge in [-0.1, -0.05) is 18.3 Å². The molecule has 0 aliphatic heterocycles. The van der Waals surface area contributed by atoms with E-state index < -0.39 is 6.04 Å². The van der Waals surface area contributed by atoms with Crippen molar-refractivity contribution in [2.45, 2.75) is 32.7 Å². The number of nitrogens with one attached hydrogen (secondary N) is 1. The summed E-state index contributed by atoms with van der Waals surface area (Å²) in [6.07, 6.45) is 1.26. The molecule has 0 spiro atoms. The number of hydrogen-bond acceptors (Lipinski definition) is 5. The molecule has 0 saturated heterocycles. The zero-order chi connectivity index (χ0) is 11.3. The lowest BCUT2D eigenvalue weighted by molar-refractivity contribution is 0.0947. The van der Waals surface area contributed by atoms with Crippen LogP contribution in [0.25, 0.3) is 0 Å². The zero-order valence-electron chi connectivity index (χ0n) is 8.65. The molecule has 1 atom stereocenters. The normalized spacial score (nSPS) is 11.8. The number of amides is 1. The Morgan fingerprint density at radius 2 is 2.40 bits per heavy atom. The van der Waals surface area contributed by atoms with Gasteiger partial charge in [-0.15, -0.1) is 5.10 Å². The van der Waals surface area contributed by atoms with Crippen molar-refractivity contribution in [1.82, 2.24) is 14.9 Å². The molecule has 0 aliphatic rings. The van der Waals surface area contributed by atoms with Gasteiger partial charge in [0.15, 0.2) is 0 Å². The standard InChI is InChI=1S/C9H12N4OS/c1-3-6(5-10)11-9(14)8-7(4-2)12-13-15-8/h6H,3-4H2,1-2H3,(H,11,14). The molecular weight excluding hydrogens is 212 g/mol. The monoisotopic (exact) mass is 224 g/mol. The van der Waals surface area contributed by atoms with Crippen LogP contribution in [-0.2, 0) is 6.42 Å². The average molecular weight is 224 g/mol. The van der Waals surface area contributed by atoms with Crippen LogP contribution in [0.5, 0.6) is 0 Å². The van der Waals surface area contributed by atoms with E-state index >= 15 is 0 Å². The second-order valence-electron chi connectivity index (χ2n) is 2.97. The maximum Gasteiger partial charge on any atom is 0.265 e. The molecule has 1 N–H and O–H groups in total. The number of nitrogens with zero attached hydrogens (tertiary/aromatic N) is 3. The van der Waals surface area contributed by atoms with Gasteiger partial charge in [0, 0.05) is 0 Å². The van der Waals surface area contributed by atoms with Crippen LogP contribution in [0.4, 0.5) is 0 Å². The first-order chi connectivity index (χ1) is 7.22. The van der Waals surface area contributed by atoms with Gasteiger partial charge in [0.05, 0.1) is 11.8 Å². The molecular formula is C9H12N4OS. The lowest BCUT2D eigenvalue weighted by atomic mass is 10.2. The van der Waals surface area contributed by atoms with Crippen molar-refractivity contribution < 1.29 is 4.79 Å². The summed E-state index contributed by atoms with van der Waals surface area (Å²) >= 11 is 1.06. The van der Waals surface area contributed by atoms with E-state index in [9.17, 15) is 4.79 Å². The molecule has 6 heteroatoms. The third kappa shape index (κ3) is 2.73. The highest BCUT2D eigenvalue weighted by Gasteiger charge is 2.17. The maximum atomic E-state index is 11.7. The van der Waals surface area contributed by atoms with E-state index in [0.717, 1.165) is 11.5 Å². The van der Waals surface area contributed by atoms with E-state index in [4.69, 9.17) is 5.26 Å². The predicted octanol–water partition coefficient (Wildman–Crippen LogP) is 1.13. The Morgan fingerprint density at radius 3 is 2.93 bits per heavy atom. The second kappa shape index (κ2) is 5.41. The van der Waals surface area contributed by atoms with Gasteiger partial charge in [0.25, 0.3) is 5.91 Å². The van der Waals surface area contributed by atoms with Crippen LogP contribution in [0.15, 0.2) is 0 Å². The summed E-state index contributed by atoms with van der Waals surface area (Å²) in [6, 6.07) is 1.57. The molecule has 0 aliphatic carbocycles. The Labute approximate surface area is 92.3 Å². The second-order valence-corrected chi connectivity index (χ2v) is 3.72. The average Bonchev–Trinajstić information content (AvgIpc) is 2.73. The summed E-state index contributed by atoms with van der Waals surface area (Å²) in [6.45, 7) is 3.76. The Kier molecular flexibility index (Phi) is 4.18. The van der Waals surface area contributed by atoms with Crippen molar-refractivity contribution in [3.63, 3.8) is 0 Å². The van der Waals surface area contributed by atoms with Crippen LogP contribution in [0, 0.1) is 11.3 Å². The molecule has 0 aromatic carbocycles. The Hall–Kier alpha value is -1.48. The fourth-order valence-corrected chi connectivity index (χ4v) is 1.72. The van der Waals surface area contributed by atoms with E-state index in [1.54, 1.807) is 0 Å². The fourth-order valence-electron chi connectivity index (χ4n) is 1.06. The van der Waals surface area contributed by atoms with Crippen LogP contribution < -0.4 is 5.32 Å². The first-order valence-electron chi connectivity index (χ1n) is 4.74. The van der Waals surface area contributed by atoms with Gasteiger partial charge < -0.3 is 5.32 Å². The number of carbonyl (C=O) groups excluding carboxylic acids is 1. The minimum atomic E-state index is -0.440. The maximum absolute atomic E-state index is 11.7. The topological polar surface area (TPSA) is 78.7 Å². The van der Waals surface area contributed by atoms with Crippen molar-refractivity contribution in [2.75, 3.05) is 0 Å². The molecule has 1 rings (SSSR count). The van der Waals surface area contributed by atoms with Crippen LogP contribution in [-0.4, -0.2) is 21.5 Å². The van der Waals surface area contributed by atoms with E-state index in [-0.39, 0.29) is 5.91 Å². The third-order valence-electron chi connectivity index (χ3n) is 1.97. The molecule has 0 bridgehead atoms. The largest absolute Gasteiger partial charge is 0.335 e. The quantitative estimate of drug-likeness (QED) is 0.831. The van der Waals surface area contributed by atoms with Gasteiger partial charge in [-0.2, -0.15) is 5.26 Å². The number of aromatic nitrogens is 2. The molecule has 1 amide bonds. The van der Waals surface area contributed by atoms with Gasteiger partial charge in [-0.05, 0) is 24.4 Å². The lowest BCUT2D eigenvalue weighted by Gasteiger charge is -2.07.